The number of aromatic nitrogens is 4. The number of hydrogen-bond donors (Lipinski definition) is 1. The lowest BCUT2D eigenvalue weighted by molar-refractivity contribution is 0.0689. The highest BCUT2D eigenvalue weighted by molar-refractivity contribution is 5.85. The fourth-order valence-corrected chi connectivity index (χ4v) is 1.30. The van der Waals surface area contributed by atoms with E-state index in [0.717, 1.165) is 11.4 Å². The molecule has 0 aliphatic rings. The Balaban J connectivity index is 2.42. The van der Waals surface area contributed by atoms with Gasteiger partial charge in [-0.1, -0.05) is 0 Å². The molecule has 0 atom stereocenters. The Morgan fingerprint density at radius 2 is 2.06 bits per heavy atom. The summed E-state index contributed by atoms with van der Waals surface area (Å²) in [4.78, 5) is 14.7. The van der Waals surface area contributed by atoms with Gasteiger partial charge in [-0.15, -0.1) is 10.2 Å². The minimum absolute atomic E-state index is 0.0711. The second-order valence-corrected chi connectivity index (χ2v) is 3.37. The van der Waals surface area contributed by atoms with Gasteiger partial charge in [0.15, 0.2) is 11.5 Å². The lowest BCUT2D eigenvalue weighted by Gasteiger charge is -2.03. The number of hydrogen-bond acceptors (Lipinski definition) is 4. The maximum atomic E-state index is 10.6. The minimum Gasteiger partial charge on any atom is -0.476 e. The largest absolute Gasteiger partial charge is 0.476 e. The molecule has 0 aliphatic carbocycles. The zero-order valence-corrected chi connectivity index (χ0v) is 8.88. The average molecular weight is 218 g/mol. The van der Waals surface area contributed by atoms with E-state index >= 15 is 0 Å². The van der Waals surface area contributed by atoms with Gasteiger partial charge in [-0.05, 0) is 26.0 Å². The van der Waals surface area contributed by atoms with E-state index in [0.29, 0.717) is 5.82 Å². The van der Waals surface area contributed by atoms with Gasteiger partial charge < -0.3 is 5.11 Å². The Morgan fingerprint density at radius 1 is 1.31 bits per heavy atom. The van der Waals surface area contributed by atoms with Crippen LogP contribution in [0.15, 0.2) is 18.5 Å². The normalized spacial score (nSPS) is 10.4. The molecule has 6 nitrogen and oxygen atoms in total. The van der Waals surface area contributed by atoms with Crippen LogP contribution in [0.3, 0.4) is 0 Å². The number of carboxylic acid groups (broad SMARTS) is 1. The van der Waals surface area contributed by atoms with E-state index in [2.05, 4.69) is 15.2 Å². The molecule has 0 radical (unpaired) electrons. The lowest BCUT2D eigenvalue weighted by atomic mass is 10.3. The first kappa shape index (κ1) is 10.3. The van der Waals surface area contributed by atoms with Gasteiger partial charge in [0, 0.05) is 5.69 Å². The molecule has 16 heavy (non-hydrogen) atoms. The predicted octanol–water partition coefficient (Wildman–Crippen LogP) is 0.977. The van der Waals surface area contributed by atoms with Crippen LogP contribution in [0.2, 0.25) is 0 Å². The average Bonchev–Trinajstić information content (AvgIpc) is 2.60. The van der Waals surface area contributed by atoms with Crippen molar-refractivity contribution in [3.63, 3.8) is 0 Å². The van der Waals surface area contributed by atoms with Gasteiger partial charge in [0.05, 0.1) is 5.69 Å². The molecule has 1 N–H and O–H groups in total. The summed E-state index contributed by atoms with van der Waals surface area (Å²) in [5.41, 5.74) is 1.79. The summed E-state index contributed by atoms with van der Waals surface area (Å²) in [5, 5.41) is 16.1. The van der Waals surface area contributed by atoms with Gasteiger partial charge in [-0.3, -0.25) is 4.57 Å². The third kappa shape index (κ3) is 1.65. The zero-order valence-electron chi connectivity index (χ0n) is 8.88. The van der Waals surface area contributed by atoms with Crippen molar-refractivity contribution in [1.29, 1.82) is 0 Å². The number of imidazole rings is 1. The van der Waals surface area contributed by atoms with E-state index < -0.39 is 5.97 Å². The van der Waals surface area contributed by atoms with Crippen LogP contribution < -0.4 is 0 Å². The molecule has 0 aliphatic heterocycles. The van der Waals surface area contributed by atoms with Crippen molar-refractivity contribution in [2.24, 2.45) is 0 Å². The summed E-state index contributed by atoms with van der Waals surface area (Å²) in [7, 11) is 0. The van der Waals surface area contributed by atoms with Crippen LogP contribution in [-0.4, -0.2) is 30.8 Å². The molecule has 82 valence electrons. The molecule has 0 spiro atoms. The number of carbonyl (C=O) groups is 1. The summed E-state index contributed by atoms with van der Waals surface area (Å²) < 4.78 is 1.76. The summed E-state index contributed by atoms with van der Waals surface area (Å²) in [6, 6.07) is 3.02. The molecule has 0 saturated carbocycles. The van der Waals surface area contributed by atoms with Crippen molar-refractivity contribution in [2.75, 3.05) is 0 Å². The highest BCUT2D eigenvalue weighted by Gasteiger charge is 2.08. The van der Waals surface area contributed by atoms with Gasteiger partial charge in [-0.2, -0.15) is 0 Å². The maximum absolute atomic E-state index is 10.6. The first-order chi connectivity index (χ1) is 7.59. The van der Waals surface area contributed by atoms with Crippen molar-refractivity contribution in [1.82, 2.24) is 19.7 Å². The Kier molecular flexibility index (Phi) is 2.40. The Bertz CT molecular complexity index is 530. The minimum atomic E-state index is -1.09. The number of carboxylic acids is 1. The first-order valence-corrected chi connectivity index (χ1v) is 4.67. The SMILES string of the molecule is Cc1ncn(-c2ccc(C(=O)O)nn2)c1C. The monoisotopic (exact) mass is 218 g/mol. The van der Waals surface area contributed by atoms with Crippen molar-refractivity contribution >= 4 is 5.97 Å². The van der Waals surface area contributed by atoms with Crippen LogP contribution in [-0.2, 0) is 0 Å². The molecule has 0 fully saturated rings. The fourth-order valence-electron chi connectivity index (χ4n) is 1.30. The van der Waals surface area contributed by atoms with E-state index in [1.54, 1.807) is 17.0 Å². The number of aromatic carboxylic acids is 1. The van der Waals surface area contributed by atoms with Crippen LogP contribution in [0.1, 0.15) is 21.9 Å². The standard InChI is InChI=1S/C10H10N4O2/c1-6-7(2)14(5-11-6)9-4-3-8(10(15)16)12-13-9/h3-5H,1-2H3,(H,15,16). The quantitative estimate of drug-likeness (QED) is 0.812. The van der Waals surface area contributed by atoms with Gasteiger partial charge >= 0.3 is 5.97 Å². The molecule has 2 rings (SSSR count). The summed E-state index contributed by atoms with van der Waals surface area (Å²) >= 11 is 0. The lowest BCUT2D eigenvalue weighted by Crippen LogP contribution is -2.05. The summed E-state index contributed by atoms with van der Waals surface area (Å²) in [6.07, 6.45) is 1.63. The summed E-state index contributed by atoms with van der Waals surface area (Å²) in [5.74, 6) is -0.527. The maximum Gasteiger partial charge on any atom is 0.356 e. The highest BCUT2D eigenvalue weighted by Crippen LogP contribution is 2.10. The van der Waals surface area contributed by atoms with E-state index in [1.807, 2.05) is 13.8 Å². The number of nitrogens with zero attached hydrogens (tertiary/aromatic N) is 4. The van der Waals surface area contributed by atoms with Crippen molar-refractivity contribution in [3.8, 4) is 5.82 Å². The zero-order chi connectivity index (χ0) is 11.7. The molecule has 0 amide bonds. The van der Waals surface area contributed by atoms with Gasteiger partial charge in [0.1, 0.15) is 6.33 Å². The van der Waals surface area contributed by atoms with Crippen LogP contribution in [0.5, 0.6) is 0 Å². The van der Waals surface area contributed by atoms with Gasteiger partial charge in [0.2, 0.25) is 0 Å². The van der Waals surface area contributed by atoms with Gasteiger partial charge in [-0.25, -0.2) is 9.78 Å². The highest BCUT2D eigenvalue weighted by atomic mass is 16.4. The Morgan fingerprint density at radius 3 is 2.50 bits per heavy atom. The Hall–Kier alpha value is -2.24. The van der Waals surface area contributed by atoms with Crippen molar-refractivity contribution < 1.29 is 9.90 Å². The third-order valence-electron chi connectivity index (χ3n) is 2.37. The number of aryl methyl sites for hydroxylation is 1. The molecule has 0 aromatic carbocycles. The van der Waals surface area contributed by atoms with Gasteiger partial charge in [0.25, 0.3) is 0 Å². The second kappa shape index (κ2) is 3.73. The molecular formula is C10H10N4O2. The molecular weight excluding hydrogens is 208 g/mol. The molecule has 2 heterocycles. The predicted molar refractivity (Wildman–Crippen MR) is 55.6 cm³/mol. The van der Waals surface area contributed by atoms with E-state index in [9.17, 15) is 4.79 Å². The fraction of sp³-hybridized carbons (Fsp3) is 0.200. The van der Waals surface area contributed by atoms with Crippen molar-refractivity contribution in [2.45, 2.75) is 13.8 Å². The number of rotatable bonds is 2. The van der Waals surface area contributed by atoms with Crippen molar-refractivity contribution in [3.05, 3.63) is 35.5 Å². The first-order valence-electron chi connectivity index (χ1n) is 4.67. The second-order valence-electron chi connectivity index (χ2n) is 3.37. The molecule has 2 aromatic rings. The molecule has 0 bridgehead atoms. The van der Waals surface area contributed by atoms with E-state index in [-0.39, 0.29) is 5.69 Å². The third-order valence-corrected chi connectivity index (χ3v) is 2.37. The smallest absolute Gasteiger partial charge is 0.356 e. The Labute approximate surface area is 91.6 Å². The van der Waals surface area contributed by atoms with Crippen LogP contribution >= 0.6 is 0 Å². The molecule has 6 heteroatoms. The van der Waals surface area contributed by atoms with E-state index in [1.165, 1.54) is 6.07 Å². The molecule has 0 saturated heterocycles. The topological polar surface area (TPSA) is 80.9 Å². The van der Waals surface area contributed by atoms with Crippen LogP contribution in [0.25, 0.3) is 5.82 Å². The van der Waals surface area contributed by atoms with E-state index in [4.69, 9.17) is 5.11 Å². The van der Waals surface area contributed by atoms with Crippen LogP contribution in [0, 0.1) is 13.8 Å². The molecule has 2 aromatic heterocycles. The summed E-state index contributed by atoms with van der Waals surface area (Å²) in [6.45, 7) is 3.81. The molecule has 0 unspecified atom stereocenters. The van der Waals surface area contributed by atoms with Crippen LogP contribution in [0.4, 0.5) is 0 Å².